The molecule has 5 nitrogen and oxygen atoms in total. The number of benzene rings is 2. The van der Waals surface area contributed by atoms with Gasteiger partial charge >= 0.3 is 0 Å². The maximum absolute atomic E-state index is 12.2. The molecule has 2 aromatic carbocycles. The topological polar surface area (TPSA) is 68.2 Å². The molecule has 0 radical (unpaired) electrons. The lowest BCUT2D eigenvalue weighted by Gasteiger charge is -2.22. The molecule has 136 valence electrons. The summed E-state index contributed by atoms with van der Waals surface area (Å²) in [5.41, 5.74) is 4.38. The number of rotatable bonds is 8. The lowest BCUT2D eigenvalue weighted by Crippen LogP contribution is -2.22. The van der Waals surface area contributed by atoms with Crippen molar-refractivity contribution in [3.63, 3.8) is 0 Å². The minimum Gasteiger partial charge on any atom is -0.383 e. The van der Waals surface area contributed by atoms with E-state index >= 15 is 0 Å². The first kappa shape index (κ1) is 19.3. The monoisotopic (exact) mass is 350 g/mol. The van der Waals surface area contributed by atoms with Crippen LogP contribution in [0.4, 0.5) is 17.1 Å². The molecule has 0 atom stereocenters. The van der Waals surface area contributed by atoms with E-state index in [1.54, 1.807) is 6.07 Å². The van der Waals surface area contributed by atoms with Crippen LogP contribution in [0.25, 0.3) is 0 Å². The number of hydrogen-bond donors (Lipinski definition) is 2. The zero-order chi connectivity index (χ0) is 18.9. The summed E-state index contributed by atoms with van der Waals surface area (Å²) in [5, 5.41) is 15.2. The Kier molecular flexibility index (Phi) is 7.04. The van der Waals surface area contributed by atoms with Crippen LogP contribution in [0.5, 0.6) is 0 Å². The molecule has 5 heteroatoms. The lowest BCUT2D eigenvalue weighted by molar-refractivity contribution is -0.115. The van der Waals surface area contributed by atoms with E-state index in [2.05, 4.69) is 41.5 Å². The fourth-order valence-electron chi connectivity index (χ4n) is 2.83. The van der Waals surface area contributed by atoms with Crippen molar-refractivity contribution in [2.45, 2.75) is 27.2 Å². The molecule has 0 heterocycles. The smallest absolute Gasteiger partial charge is 0.226 e. The van der Waals surface area contributed by atoms with Gasteiger partial charge in [0.2, 0.25) is 5.91 Å². The van der Waals surface area contributed by atoms with E-state index in [4.69, 9.17) is 5.26 Å². The van der Waals surface area contributed by atoms with E-state index in [0.717, 1.165) is 30.0 Å². The van der Waals surface area contributed by atoms with Crippen molar-refractivity contribution in [1.29, 1.82) is 5.26 Å². The summed E-state index contributed by atoms with van der Waals surface area (Å²) in [7, 11) is 0. The van der Waals surface area contributed by atoms with Crippen LogP contribution in [0, 0.1) is 18.3 Å². The Balaban J connectivity index is 1.91. The number of nitrogens with one attached hydrogen (secondary N) is 2. The predicted molar refractivity (Wildman–Crippen MR) is 108 cm³/mol. The van der Waals surface area contributed by atoms with E-state index in [1.165, 1.54) is 5.69 Å². The highest BCUT2D eigenvalue weighted by Crippen LogP contribution is 2.23. The predicted octanol–water partition coefficient (Wildman–Crippen LogP) is 4.15. The fourth-order valence-corrected chi connectivity index (χ4v) is 2.83. The molecule has 2 N–H and O–H groups in total. The molecule has 0 saturated carbocycles. The van der Waals surface area contributed by atoms with Crippen molar-refractivity contribution in [1.82, 2.24) is 0 Å². The second-order valence-corrected chi connectivity index (χ2v) is 6.05. The van der Waals surface area contributed by atoms with Gasteiger partial charge in [-0.05, 0) is 56.7 Å². The van der Waals surface area contributed by atoms with Crippen molar-refractivity contribution in [2.24, 2.45) is 0 Å². The minimum atomic E-state index is -0.0503. The molecule has 0 spiro atoms. The van der Waals surface area contributed by atoms with Crippen LogP contribution in [0.2, 0.25) is 0 Å². The molecular weight excluding hydrogens is 324 g/mol. The van der Waals surface area contributed by atoms with Crippen LogP contribution in [-0.4, -0.2) is 25.5 Å². The molecule has 0 saturated heterocycles. The van der Waals surface area contributed by atoms with Crippen LogP contribution in [0.3, 0.4) is 0 Å². The van der Waals surface area contributed by atoms with Crippen molar-refractivity contribution >= 4 is 23.0 Å². The zero-order valence-electron chi connectivity index (χ0n) is 15.7. The second kappa shape index (κ2) is 9.47. The standard InChI is InChI=1S/C21H26N4O/c1-4-25(5-2)18-10-11-19(16(3)14-18)24-21(26)12-13-23-20-9-7-6-8-17(20)15-22/h6-11,14,23H,4-5,12-13H2,1-3H3,(H,24,26). The number of carbonyl (C=O) groups excluding carboxylic acids is 1. The molecule has 0 aliphatic carbocycles. The SMILES string of the molecule is CCN(CC)c1ccc(NC(=O)CCNc2ccccc2C#N)c(C)c1. The van der Waals surface area contributed by atoms with E-state index in [1.807, 2.05) is 37.3 Å². The van der Waals surface area contributed by atoms with Crippen molar-refractivity contribution in [3.8, 4) is 6.07 Å². The van der Waals surface area contributed by atoms with Gasteiger partial charge < -0.3 is 15.5 Å². The number of aryl methyl sites for hydroxylation is 1. The Morgan fingerprint density at radius 2 is 1.85 bits per heavy atom. The zero-order valence-corrected chi connectivity index (χ0v) is 15.7. The van der Waals surface area contributed by atoms with Gasteiger partial charge in [0.05, 0.1) is 11.3 Å². The third-order valence-electron chi connectivity index (χ3n) is 4.33. The molecular formula is C21H26N4O. The Hall–Kier alpha value is -3.00. The molecule has 1 amide bonds. The maximum Gasteiger partial charge on any atom is 0.226 e. The summed E-state index contributed by atoms with van der Waals surface area (Å²) in [4.78, 5) is 14.5. The number of nitriles is 1. The van der Waals surface area contributed by atoms with Gasteiger partial charge in [0.1, 0.15) is 6.07 Å². The van der Waals surface area contributed by atoms with Crippen molar-refractivity contribution in [3.05, 3.63) is 53.6 Å². The fraction of sp³-hybridized carbons (Fsp3) is 0.333. The highest BCUT2D eigenvalue weighted by Gasteiger charge is 2.08. The Labute approximate surface area is 155 Å². The lowest BCUT2D eigenvalue weighted by atomic mass is 10.1. The molecule has 0 bridgehead atoms. The van der Waals surface area contributed by atoms with Crippen LogP contribution in [0.1, 0.15) is 31.4 Å². The number of carbonyl (C=O) groups is 1. The van der Waals surface area contributed by atoms with E-state index < -0.39 is 0 Å². The first-order chi connectivity index (χ1) is 12.6. The van der Waals surface area contributed by atoms with Crippen molar-refractivity contribution in [2.75, 3.05) is 35.2 Å². The van der Waals surface area contributed by atoms with E-state index in [-0.39, 0.29) is 5.91 Å². The molecule has 2 aromatic rings. The van der Waals surface area contributed by atoms with Gasteiger partial charge in [-0.3, -0.25) is 4.79 Å². The highest BCUT2D eigenvalue weighted by atomic mass is 16.1. The molecule has 0 aliphatic rings. The molecule has 0 unspecified atom stereocenters. The number of amides is 1. The quantitative estimate of drug-likeness (QED) is 0.750. The summed E-state index contributed by atoms with van der Waals surface area (Å²) < 4.78 is 0. The Morgan fingerprint density at radius 1 is 1.12 bits per heavy atom. The van der Waals surface area contributed by atoms with Gasteiger partial charge in [0.25, 0.3) is 0 Å². The van der Waals surface area contributed by atoms with E-state index in [9.17, 15) is 4.79 Å². The van der Waals surface area contributed by atoms with Crippen LogP contribution in [-0.2, 0) is 4.79 Å². The summed E-state index contributed by atoms with van der Waals surface area (Å²) in [6.07, 6.45) is 0.330. The summed E-state index contributed by atoms with van der Waals surface area (Å²) in [5.74, 6) is -0.0503. The average molecular weight is 350 g/mol. The summed E-state index contributed by atoms with van der Waals surface area (Å²) in [6.45, 7) is 8.65. The minimum absolute atomic E-state index is 0.0503. The van der Waals surface area contributed by atoms with Gasteiger partial charge in [-0.1, -0.05) is 12.1 Å². The van der Waals surface area contributed by atoms with Gasteiger partial charge in [-0.25, -0.2) is 0 Å². The van der Waals surface area contributed by atoms with Crippen LogP contribution in [0.15, 0.2) is 42.5 Å². The average Bonchev–Trinajstić information content (AvgIpc) is 2.65. The third-order valence-corrected chi connectivity index (χ3v) is 4.33. The molecule has 0 aromatic heterocycles. The number of para-hydroxylation sites is 1. The normalized spacial score (nSPS) is 10.1. The number of nitrogens with zero attached hydrogens (tertiary/aromatic N) is 2. The third kappa shape index (κ3) is 5.00. The number of hydrogen-bond acceptors (Lipinski definition) is 4. The van der Waals surface area contributed by atoms with Crippen molar-refractivity contribution < 1.29 is 4.79 Å². The molecule has 0 aliphatic heterocycles. The summed E-state index contributed by atoms with van der Waals surface area (Å²) in [6, 6.07) is 15.5. The largest absolute Gasteiger partial charge is 0.383 e. The molecule has 2 rings (SSSR count). The van der Waals surface area contributed by atoms with Gasteiger partial charge in [0.15, 0.2) is 0 Å². The van der Waals surface area contributed by atoms with E-state index in [0.29, 0.717) is 18.5 Å². The number of anilines is 3. The maximum atomic E-state index is 12.2. The summed E-state index contributed by atoms with van der Waals surface area (Å²) >= 11 is 0. The first-order valence-corrected chi connectivity index (χ1v) is 8.97. The van der Waals surface area contributed by atoms with Gasteiger partial charge in [0, 0.05) is 37.4 Å². The Bertz CT molecular complexity index is 791. The van der Waals surface area contributed by atoms with Gasteiger partial charge in [-0.2, -0.15) is 5.26 Å². The Morgan fingerprint density at radius 3 is 2.50 bits per heavy atom. The first-order valence-electron chi connectivity index (χ1n) is 8.97. The molecule has 0 fully saturated rings. The molecule has 26 heavy (non-hydrogen) atoms. The second-order valence-electron chi connectivity index (χ2n) is 6.05. The van der Waals surface area contributed by atoms with Crippen LogP contribution >= 0.6 is 0 Å². The highest BCUT2D eigenvalue weighted by molar-refractivity contribution is 5.92. The van der Waals surface area contributed by atoms with Gasteiger partial charge in [-0.15, -0.1) is 0 Å². The van der Waals surface area contributed by atoms with Crippen LogP contribution < -0.4 is 15.5 Å².